The Morgan fingerprint density at radius 2 is 1.67 bits per heavy atom. The van der Waals surface area contributed by atoms with E-state index in [1.165, 1.54) is 0 Å². The monoisotopic (exact) mass is 395 g/mol. The largest absolute Gasteiger partial charge is 0.502 e. The molecular weight excluding hydrogens is 376 g/mol. The maximum absolute atomic E-state index is 11.1. The number of aryl methyl sites for hydroxylation is 2. The first-order valence-electron chi connectivity index (χ1n) is 8.51. The lowest BCUT2D eigenvalue weighted by Crippen LogP contribution is -2.38. The van der Waals surface area contributed by atoms with Crippen LogP contribution >= 0.6 is 23.8 Å². The van der Waals surface area contributed by atoms with Crippen molar-refractivity contribution in [2.45, 2.75) is 13.8 Å². The smallest absolute Gasteiger partial charge is 0.288 e. The molecule has 0 atom stereocenters. The Morgan fingerprint density at radius 3 is 2.33 bits per heavy atom. The zero-order valence-electron chi connectivity index (χ0n) is 15.1. The summed E-state index contributed by atoms with van der Waals surface area (Å²) in [5, 5.41) is 14.8. The highest BCUT2D eigenvalue weighted by Crippen LogP contribution is 2.24. The number of para-hydroxylation sites is 1. The first kappa shape index (κ1) is 19.1. The van der Waals surface area contributed by atoms with Crippen LogP contribution in [0, 0.1) is 13.8 Å². The molecule has 0 aliphatic carbocycles. The van der Waals surface area contributed by atoms with Crippen molar-refractivity contribution in [3.63, 3.8) is 0 Å². The number of aliphatic hydroxyl groups is 1. The zero-order valence-corrected chi connectivity index (χ0v) is 16.7. The van der Waals surface area contributed by atoms with Crippen molar-refractivity contribution in [2.75, 3.05) is 5.32 Å². The molecule has 1 heterocycles. The van der Waals surface area contributed by atoms with Gasteiger partial charge in [-0.05, 0) is 43.2 Å². The van der Waals surface area contributed by atoms with E-state index >= 15 is 0 Å². The van der Waals surface area contributed by atoms with Gasteiger partial charge in [0, 0.05) is 17.7 Å². The molecule has 0 fully saturated rings. The van der Waals surface area contributed by atoms with E-state index in [0.29, 0.717) is 27.0 Å². The fourth-order valence-corrected chi connectivity index (χ4v) is 3.16. The molecule has 2 aromatic carbocycles. The average molecular weight is 396 g/mol. The van der Waals surface area contributed by atoms with Crippen LogP contribution in [-0.2, 0) is 0 Å². The minimum atomic E-state index is 0.0962. The average Bonchev–Trinajstić information content (AvgIpc) is 2.67. The molecule has 0 radical (unpaired) electrons. The number of aliphatic hydroxyl groups excluding tert-OH is 1. The lowest BCUT2D eigenvalue weighted by molar-refractivity contribution is -0.575. The van der Waals surface area contributed by atoms with Crippen LogP contribution in [0.4, 0.5) is 5.69 Å². The molecule has 0 aliphatic rings. The number of nitrogens with one attached hydrogen (secondary N) is 1. The summed E-state index contributed by atoms with van der Waals surface area (Å²) >= 11 is 11.9. The number of benzene rings is 2. The van der Waals surface area contributed by atoms with Gasteiger partial charge in [-0.15, -0.1) is 0 Å². The second-order valence-electron chi connectivity index (χ2n) is 6.21. The van der Waals surface area contributed by atoms with Crippen molar-refractivity contribution in [2.24, 2.45) is 0 Å². The number of hydrogen-bond acceptors (Lipinski definition) is 2. The predicted molar refractivity (Wildman–Crippen MR) is 116 cm³/mol. The van der Waals surface area contributed by atoms with E-state index in [-0.39, 0.29) is 5.76 Å². The van der Waals surface area contributed by atoms with E-state index in [2.05, 4.69) is 5.32 Å². The number of thiocarbonyl (C=S) groups is 1. The Hall–Kier alpha value is -2.69. The Labute approximate surface area is 169 Å². The molecule has 0 amide bonds. The molecule has 2 N–H and O–H groups in total. The zero-order chi connectivity index (χ0) is 19.4. The van der Waals surface area contributed by atoms with Gasteiger partial charge in [0.05, 0.1) is 10.7 Å². The van der Waals surface area contributed by atoms with Crippen LogP contribution in [0.15, 0.2) is 73.1 Å². The molecule has 5 heteroatoms. The number of hydrogen-bond donors (Lipinski definition) is 2. The summed E-state index contributed by atoms with van der Waals surface area (Å²) in [6.07, 6.45) is 3.68. The van der Waals surface area contributed by atoms with Crippen molar-refractivity contribution in [1.29, 1.82) is 0 Å². The number of aromatic nitrogens is 1. The molecule has 0 spiro atoms. The third kappa shape index (κ3) is 4.35. The van der Waals surface area contributed by atoms with Gasteiger partial charge in [-0.2, -0.15) is 4.57 Å². The van der Waals surface area contributed by atoms with Crippen LogP contribution in [0.1, 0.15) is 16.7 Å². The topological polar surface area (TPSA) is 36.1 Å². The van der Waals surface area contributed by atoms with Crippen molar-refractivity contribution >= 4 is 46.0 Å². The van der Waals surface area contributed by atoms with Gasteiger partial charge in [0.25, 0.3) is 5.70 Å². The molecular formula is C22H20ClN2OS+. The van der Waals surface area contributed by atoms with Gasteiger partial charge < -0.3 is 10.4 Å². The van der Waals surface area contributed by atoms with E-state index in [1.807, 2.05) is 80.8 Å². The van der Waals surface area contributed by atoms with Crippen molar-refractivity contribution in [3.8, 4) is 0 Å². The second-order valence-corrected chi connectivity index (χ2v) is 7.03. The molecule has 3 aromatic rings. The molecule has 0 saturated heterocycles. The lowest BCUT2D eigenvalue weighted by Gasteiger charge is -2.12. The maximum Gasteiger partial charge on any atom is 0.288 e. The van der Waals surface area contributed by atoms with Gasteiger partial charge in [0.1, 0.15) is 0 Å². The molecule has 0 aliphatic heterocycles. The van der Waals surface area contributed by atoms with Crippen LogP contribution in [-0.4, -0.2) is 10.1 Å². The van der Waals surface area contributed by atoms with E-state index in [4.69, 9.17) is 23.8 Å². The Bertz CT molecular complexity index is 1020. The third-order valence-electron chi connectivity index (χ3n) is 4.32. The molecule has 0 bridgehead atoms. The molecule has 1 aromatic heterocycles. The van der Waals surface area contributed by atoms with Crippen LogP contribution in [0.3, 0.4) is 0 Å². The summed E-state index contributed by atoms with van der Waals surface area (Å²) < 4.78 is 1.79. The third-order valence-corrected chi connectivity index (χ3v) is 4.94. The summed E-state index contributed by atoms with van der Waals surface area (Å²) in [5.74, 6) is 0.0962. The Kier molecular flexibility index (Phi) is 5.89. The molecule has 3 nitrogen and oxygen atoms in total. The molecule has 0 unspecified atom stereocenters. The van der Waals surface area contributed by atoms with Crippen molar-refractivity contribution < 1.29 is 9.67 Å². The van der Waals surface area contributed by atoms with Crippen LogP contribution in [0.25, 0.3) is 11.5 Å². The van der Waals surface area contributed by atoms with E-state index in [1.54, 1.807) is 10.6 Å². The predicted octanol–water partition coefficient (Wildman–Crippen LogP) is 5.57. The Balaban J connectivity index is 2.09. The van der Waals surface area contributed by atoms with Gasteiger partial charge in [0.2, 0.25) is 0 Å². The van der Waals surface area contributed by atoms with E-state index in [0.717, 1.165) is 11.1 Å². The fourth-order valence-electron chi connectivity index (χ4n) is 2.66. The first-order chi connectivity index (χ1) is 13.0. The summed E-state index contributed by atoms with van der Waals surface area (Å²) in [7, 11) is 0. The van der Waals surface area contributed by atoms with Crippen LogP contribution < -0.4 is 9.88 Å². The van der Waals surface area contributed by atoms with E-state index < -0.39 is 0 Å². The maximum atomic E-state index is 11.1. The number of anilines is 1. The van der Waals surface area contributed by atoms with Gasteiger partial charge in [-0.1, -0.05) is 54.2 Å². The van der Waals surface area contributed by atoms with Gasteiger partial charge >= 0.3 is 0 Å². The van der Waals surface area contributed by atoms with Crippen molar-refractivity contribution in [1.82, 2.24) is 0 Å². The summed E-state index contributed by atoms with van der Waals surface area (Å²) in [5.41, 5.74) is 4.13. The second kappa shape index (κ2) is 8.33. The molecule has 0 saturated carbocycles. The first-order valence-corrected chi connectivity index (χ1v) is 9.29. The quantitative estimate of drug-likeness (QED) is 0.262. The number of pyridine rings is 1. The Morgan fingerprint density at radius 1 is 0.963 bits per heavy atom. The van der Waals surface area contributed by atoms with Gasteiger partial charge in [-0.25, -0.2) is 0 Å². The van der Waals surface area contributed by atoms with Gasteiger partial charge in [0.15, 0.2) is 23.1 Å². The minimum Gasteiger partial charge on any atom is -0.502 e. The number of halogens is 1. The number of nitrogens with zero attached hydrogens (tertiary/aromatic N) is 1. The standard InChI is InChI=1S/C22H19ClN2OS/c1-15-10-11-17(14-16(15)2)21(26)20(25-12-6-3-7-13-25)22(27)24-19-9-5-4-8-18(19)23/h3-14H,1-2H3,(H-,24,26,27)/p+1. The molecule has 136 valence electrons. The van der Waals surface area contributed by atoms with E-state index in [9.17, 15) is 5.11 Å². The fraction of sp³-hybridized carbons (Fsp3) is 0.0909. The van der Waals surface area contributed by atoms with Crippen molar-refractivity contribution in [3.05, 3.63) is 94.8 Å². The minimum absolute atomic E-state index is 0.0962. The highest BCUT2D eigenvalue weighted by atomic mass is 35.5. The highest BCUT2D eigenvalue weighted by Gasteiger charge is 2.24. The SMILES string of the molecule is Cc1ccc(C(O)=C(C(=S)Nc2ccccc2Cl)[n+]2ccccc2)cc1C. The summed E-state index contributed by atoms with van der Waals surface area (Å²) in [4.78, 5) is 0.370. The van der Waals surface area contributed by atoms with Crippen LogP contribution in [0.2, 0.25) is 5.02 Å². The van der Waals surface area contributed by atoms with Crippen LogP contribution in [0.5, 0.6) is 0 Å². The van der Waals surface area contributed by atoms with Gasteiger partial charge in [-0.3, -0.25) is 0 Å². The number of rotatable bonds is 4. The molecule has 3 rings (SSSR count). The summed E-state index contributed by atoms with van der Waals surface area (Å²) in [6.45, 7) is 4.05. The summed E-state index contributed by atoms with van der Waals surface area (Å²) in [6, 6.07) is 18.8. The lowest BCUT2D eigenvalue weighted by atomic mass is 10.0. The molecule has 27 heavy (non-hydrogen) atoms. The normalized spacial score (nSPS) is 11.7. The highest BCUT2D eigenvalue weighted by molar-refractivity contribution is 7.81.